The molecular weight excluding hydrogens is 306 g/mol. The molecule has 24 heavy (non-hydrogen) atoms. The molecule has 5 nitrogen and oxygen atoms in total. The first kappa shape index (κ1) is 17.5. The average molecular weight is 327 g/mol. The molecule has 0 saturated heterocycles. The van der Waals surface area contributed by atoms with Crippen molar-refractivity contribution < 1.29 is 19.1 Å². The van der Waals surface area contributed by atoms with Crippen molar-refractivity contribution in [2.45, 2.75) is 13.5 Å². The Labute approximate surface area is 141 Å². The highest BCUT2D eigenvalue weighted by atomic mass is 16.5. The van der Waals surface area contributed by atoms with Crippen molar-refractivity contribution in [2.24, 2.45) is 0 Å². The highest BCUT2D eigenvalue weighted by Gasteiger charge is 2.13. The molecule has 0 radical (unpaired) electrons. The molecule has 1 amide bonds. The van der Waals surface area contributed by atoms with Gasteiger partial charge in [0.15, 0.2) is 23.9 Å². The normalized spacial score (nSPS) is 10.1. The van der Waals surface area contributed by atoms with Gasteiger partial charge in [-0.05, 0) is 30.7 Å². The molecule has 0 bridgehead atoms. The van der Waals surface area contributed by atoms with E-state index in [0.29, 0.717) is 23.6 Å². The average Bonchev–Trinajstić information content (AvgIpc) is 2.60. The van der Waals surface area contributed by atoms with Crippen LogP contribution in [0.4, 0.5) is 0 Å². The standard InChI is InChI=1S/C19H21NO4/c1-14(21)16-9-10-17(18(11-16)23-3)24-13-19(22)20(2)12-15-7-5-4-6-8-15/h4-11H,12-13H2,1-3H3. The lowest BCUT2D eigenvalue weighted by Crippen LogP contribution is -2.31. The zero-order chi connectivity index (χ0) is 17.5. The second kappa shape index (κ2) is 8.15. The Morgan fingerprint density at radius 1 is 1.04 bits per heavy atom. The largest absolute Gasteiger partial charge is 0.493 e. The number of nitrogens with zero attached hydrogens (tertiary/aromatic N) is 1. The van der Waals surface area contributed by atoms with Crippen molar-refractivity contribution in [3.05, 3.63) is 59.7 Å². The first-order valence-electron chi connectivity index (χ1n) is 7.61. The monoisotopic (exact) mass is 327 g/mol. The molecule has 0 N–H and O–H groups in total. The maximum absolute atomic E-state index is 12.2. The van der Waals surface area contributed by atoms with E-state index in [-0.39, 0.29) is 18.3 Å². The molecule has 0 saturated carbocycles. The van der Waals surface area contributed by atoms with Gasteiger partial charge in [0.25, 0.3) is 5.91 Å². The highest BCUT2D eigenvalue weighted by molar-refractivity contribution is 5.94. The van der Waals surface area contributed by atoms with Gasteiger partial charge in [0.05, 0.1) is 7.11 Å². The number of rotatable bonds is 7. The van der Waals surface area contributed by atoms with Crippen molar-refractivity contribution in [2.75, 3.05) is 20.8 Å². The first-order valence-corrected chi connectivity index (χ1v) is 7.61. The van der Waals surface area contributed by atoms with Crippen LogP contribution in [0.15, 0.2) is 48.5 Å². The highest BCUT2D eigenvalue weighted by Crippen LogP contribution is 2.28. The van der Waals surface area contributed by atoms with E-state index in [2.05, 4.69) is 0 Å². The fourth-order valence-corrected chi connectivity index (χ4v) is 2.20. The third-order valence-corrected chi connectivity index (χ3v) is 3.61. The lowest BCUT2D eigenvalue weighted by molar-refractivity contribution is -0.132. The molecule has 5 heteroatoms. The Hall–Kier alpha value is -2.82. The van der Waals surface area contributed by atoms with E-state index in [4.69, 9.17) is 9.47 Å². The quantitative estimate of drug-likeness (QED) is 0.734. The molecule has 2 aromatic rings. The SMILES string of the molecule is COc1cc(C(C)=O)ccc1OCC(=O)N(C)Cc1ccccc1. The van der Waals surface area contributed by atoms with E-state index in [9.17, 15) is 9.59 Å². The van der Waals surface area contributed by atoms with Crippen LogP contribution in [-0.4, -0.2) is 37.4 Å². The second-order valence-electron chi connectivity index (χ2n) is 5.45. The maximum Gasteiger partial charge on any atom is 0.260 e. The number of methoxy groups -OCH3 is 1. The molecule has 0 spiro atoms. The number of likely N-dealkylation sites (N-methyl/N-ethyl adjacent to an activating group) is 1. The number of hydrogen-bond acceptors (Lipinski definition) is 4. The summed E-state index contributed by atoms with van der Waals surface area (Å²) in [5.74, 6) is 0.667. The van der Waals surface area contributed by atoms with Crippen LogP contribution < -0.4 is 9.47 Å². The van der Waals surface area contributed by atoms with Gasteiger partial charge in [-0.3, -0.25) is 9.59 Å². The summed E-state index contributed by atoms with van der Waals surface area (Å²) >= 11 is 0. The summed E-state index contributed by atoms with van der Waals surface area (Å²) < 4.78 is 10.8. The molecule has 0 aromatic heterocycles. The molecule has 2 aromatic carbocycles. The molecule has 0 aliphatic rings. The summed E-state index contributed by atoms with van der Waals surface area (Å²) in [4.78, 5) is 25.2. The zero-order valence-corrected chi connectivity index (χ0v) is 14.1. The Balaban J connectivity index is 1.97. The summed E-state index contributed by atoms with van der Waals surface area (Å²) in [5, 5.41) is 0. The Bertz CT molecular complexity index is 713. The van der Waals surface area contributed by atoms with Crippen LogP contribution in [0.3, 0.4) is 0 Å². The third kappa shape index (κ3) is 4.59. The topological polar surface area (TPSA) is 55.8 Å². The number of benzene rings is 2. The Morgan fingerprint density at radius 2 is 1.75 bits per heavy atom. The van der Waals surface area contributed by atoms with Crippen LogP contribution in [0.5, 0.6) is 11.5 Å². The van der Waals surface area contributed by atoms with E-state index in [1.54, 1.807) is 30.1 Å². The summed E-state index contributed by atoms with van der Waals surface area (Å²) in [6.45, 7) is 1.90. The fraction of sp³-hybridized carbons (Fsp3) is 0.263. The second-order valence-corrected chi connectivity index (χ2v) is 5.45. The van der Waals surface area contributed by atoms with Crippen molar-refractivity contribution in [3.63, 3.8) is 0 Å². The van der Waals surface area contributed by atoms with Gasteiger partial charge in [-0.1, -0.05) is 30.3 Å². The number of carbonyl (C=O) groups excluding carboxylic acids is 2. The summed E-state index contributed by atoms with van der Waals surface area (Å²) in [5.41, 5.74) is 1.59. The number of carbonyl (C=O) groups is 2. The first-order chi connectivity index (χ1) is 11.5. The van der Waals surface area contributed by atoms with Crippen LogP contribution in [-0.2, 0) is 11.3 Å². The maximum atomic E-state index is 12.2. The summed E-state index contributed by atoms with van der Waals surface area (Å²) in [7, 11) is 3.23. The van der Waals surface area contributed by atoms with Gasteiger partial charge in [-0.15, -0.1) is 0 Å². The zero-order valence-electron chi connectivity index (χ0n) is 14.1. The van der Waals surface area contributed by atoms with Crippen molar-refractivity contribution >= 4 is 11.7 Å². The van der Waals surface area contributed by atoms with Crippen molar-refractivity contribution in [1.82, 2.24) is 4.90 Å². The van der Waals surface area contributed by atoms with Gasteiger partial charge < -0.3 is 14.4 Å². The molecule has 0 unspecified atom stereocenters. The van der Waals surface area contributed by atoms with Gasteiger partial charge in [-0.25, -0.2) is 0 Å². The van der Waals surface area contributed by atoms with E-state index >= 15 is 0 Å². The van der Waals surface area contributed by atoms with Crippen LogP contribution >= 0.6 is 0 Å². The van der Waals surface area contributed by atoms with Gasteiger partial charge in [0.1, 0.15) is 0 Å². The molecule has 2 rings (SSSR count). The molecule has 0 aliphatic heterocycles. The molecule has 126 valence electrons. The molecule has 0 aliphatic carbocycles. The summed E-state index contributed by atoms with van der Waals surface area (Å²) in [6.07, 6.45) is 0. The number of amides is 1. The lowest BCUT2D eigenvalue weighted by atomic mass is 10.1. The van der Waals surface area contributed by atoms with Crippen LogP contribution in [0.1, 0.15) is 22.8 Å². The molecule has 0 atom stereocenters. The van der Waals surface area contributed by atoms with Gasteiger partial charge in [0.2, 0.25) is 0 Å². The van der Waals surface area contributed by atoms with Crippen LogP contribution in [0.25, 0.3) is 0 Å². The van der Waals surface area contributed by atoms with E-state index in [0.717, 1.165) is 5.56 Å². The number of ketones is 1. The lowest BCUT2D eigenvalue weighted by Gasteiger charge is -2.18. The predicted octanol–water partition coefficient (Wildman–Crippen LogP) is 2.94. The minimum absolute atomic E-state index is 0.0569. The summed E-state index contributed by atoms with van der Waals surface area (Å²) in [6, 6.07) is 14.6. The fourth-order valence-electron chi connectivity index (χ4n) is 2.20. The Morgan fingerprint density at radius 3 is 2.38 bits per heavy atom. The molecule has 0 fully saturated rings. The van der Waals surface area contributed by atoms with Gasteiger partial charge in [0, 0.05) is 19.2 Å². The molecular formula is C19H21NO4. The van der Waals surface area contributed by atoms with Crippen LogP contribution in [0.2, 0.25) is 0 Å². The number of hydrogen-bond donors (Lipinski definition) is 0. The van der Waals surface area contributed by atoms with Crippen molar-refractivity contribution in [3.8, 4) is 11.5 Å². The van der Waals surface area contributed by atoms with E-state index in [1.807, 2.05) is 30.3 Å². The van der Waals surface area contributed by atoms with Crippen molar-refractivity contribution in [1.29, 1.82) is 0 Å². The Kier molecular flexibility index (Phi) is 5.95. The number of Topliss-reactive ketones (excluding diaryl/α,β-unsaturated/α-hetero) is 1. The predicted molar refractivity (Wildman–Crippen MR) is 91.4 cm³/mol. The number of ether oxygens (including phenoxy) is 2. The van der Waals surface area contributed by atoms with E-state index in [1.165, 1.54) is 14.0 Å². The third-order valence-electron chi connectivity index (χ3n) is 3.61. The van der Waals surface area contributed by atoms with E-state index < -0.39 is 0 Å². The smallest absolute Gasteiger partial charge is 0.260 e. The van der Waals surface area contributed by atoms with Gasteiger partial charge in [-0.2, -0.15) is 0 Å². The minimum Gasteiger partial charge on any atom is -0.493 e. The van der Waals surface area contributed by atoms with Crippen LogP contribution in [0, 0.1) is 0 Å². The minimum atomic E-state index is -0.142. The van der Waals surface area contributed by atoms with Gasteiger partial charge >= 0.3 is 0 Å². The molecule has 0 heterocycles.